The van der Waals surface area contributed by atoms with E-state index in [9.17, 15) is 9.59 Å². The molecule has 1 unspecified atom stereocenters. The summed E-state index contributed by atoms with van der Waals surface area (Å²) in [4.78, 5) is 26.1. The second-order valence-corrected chi connectivity index (χ2v) is 5.75. The number of amides is 2. The molecule has 1 atom stereocenters. The van der Waals surface area contributed by atoms with Crippen molar-refractivity contribution in [2.24, 2.45) is 11.8 Å². The van der Waals surface area contributed by atoms with Crippen LogP contribution in [0.25, 0.3) is 0 Å². The van der Waals surface area contributed by atoms with Crippen LogP contribution < -0.4 is 10.6 Å². The molecule has 0 radical (unpaired) electrons. The van der Waals surface area contributed by atoms with Crippen molar-refractivity contribution in [2.75, 3.05) is 6.54 Å². The highest BCUT2D eigenvalue weighted by Gasteiger charge is 2.27. The zero-order chi connectivity index (χ0) is 13.8. The van der Waals surface area contributed by atoms with Gasteiger partial charge in [-0.3, -0.25) is 0 Å². The summed E-state index contributed by atoms with van der Waals surface area (Å²) in [6, 6.07) is -0.237. The first-order chi connectivity index (χ1) is 9.06. The summed E-state index contributed by atoms with van der Waals surface area (Å²) >= 11 is 1.22. The Morgan fingerprint density at radius 2 is 2.26 bits per heavy atom. The Morgan fingerprint density at radius 1 is 1.53 bits per heavy atom. The number of aromatic nitrogens is 1. The molecule has 2 rings (SSSR count). The fraction of sp³-hybridized carbons (Fsp3) is 0.583. The van der Waals surface area contributed by atoms with Crippen molar-refractivity contribution in [1.29, 1.82) is 0 Å². The maximum absolute atomic E-state index is 11.5. The summed E-state index contributed by atoms with van der Waals surface area (Å²) in [5.74, 6) is 0.229. The molecule has 6 nitrogen and oxygen atoms in total. The number of hydrogen-bond acceptors (Lipinski definition) is 4. The van der Waals surface area contributed by atoms with Gasteiger partial charge in [-0.1, -0.05) is 6.92 Å². The van der Waals surface area contributed by atoms with Gasteiger partial charge in [-0.05, 0) is 24.7 Å². The van der Waals surface area contributed by atoms with Gasteiger partial charge < -0.3 is 15.7 Å². The van der Waals surface area contributed by atoms with Crippen LogP contribution in [0.3, 0.4) is 0 Å². The van der Waals surface area contributed by atoms with Crippen molar-refractivity contribution in [3.8, 4) is 0 Å². The zero-order valence-corrected chi connectivity index (χ0v) is 11.5. The topological polar surface area (TPSA) is 91.3 Å². The van der Waals surface area contributed by atoms with Gasteiger partial charge in [-0.2, -0.15) is 0 Å². The molecule has 1 saturated carbocycles. The van der Waals surface area contributed by atoms with E-state index in [-0.39, 0.29) is 18.3 Å². The lowest BCUT2D eigenvalue weighted by Gasteiger charge is -2.11. The number of nitrogens with zero attached hydrogens (tertiary/aromatic N) is 1. The molecule has 7 heteroatoms. The van der Waals surface area contributed by atoms with Crippen molar-refractivity contribution in [2.45, 2.75) is 26.3 Å². The summed E-state index contributed by atoms with van der Waals surface area (Å²) in [6.07, 6.45) is 2.53. The normalized spacial score (nSPS) is 15.8. The molecule has 2 amide bonds. The Labute approximate surface area is 115 Å². The smallest absolute Gasteiger partial charge is 0.355 e. The number of carbonyl (C=O) groups excluding carboxylic acids is 1. The molecule has 1 aliphatic carbocycles. The van der Waals surface area contributed by atoms with E-state index in [1.165, 1.54) is 29.6 Å². The van der Waals surface area contributed by atoms with E-state index < -0.39 is 5.97 Å². The van der Waals surface area contributed by atoms with Gasteiger partial charge >= 0.3 is 12.0 Å². The third kappa shape index (κ3) is 4.20. The molecule has 104 valence electrons. The lowest BCUT2D eigenvalue weighted by atomic mass is 10.1. The molecule has 0 aliphatic heterocycles. The Hall–Kier alpha value is -1.63. The van der Waals surface area contributed by atoms with Crippen molar-refractivity contribution >= 4 is 23.3 Å². The molecule has 1 heterocycles. The van der Waals surface area contributed by atoms with E-state index in [1.54, 1.807) is 0 Å². The highest BCUT2D eigenvalue weighted by Crippen LogP contribution is 2.35. The highest BCUT2D eigenvalue weighted by molar-refractivity contribution is 7.09. The summed E-state index contributed by atoms with van der Waals surface area (Å²) in [5, 5.41) is 16.3. The largest absolute Gasteiger partial charge is 0.476 e. The second kappa shape index (κ2) is 6.01. The van der Waals surface area contributed by atoms with Crippen LogP contribution in [0.2, 0.25) is 0 Å². The average molecular weight is 283 g/mol. The van der Waals surface area contributed by atoms with Crippen LogP contribution in [-0.2, 0) is 6.54 Å². The van der Waals surface area contributed by atoms with Crippen LogP contribution in [-0.4, -0.2) is 28.6 Å². The third-order valence-electron chi connectivity index (χ3n) is 3.18. The van der Waals surface area contributed by atoms with Crippen LogP contribution in [0.1, 0.15) is 35.3 Å². The minimum atomic E-state index is -1.05. The van der Waals surface area contributed by atoms with Gasteiger partial charge in [0.15, 0.2) is 5.69 Å². The summed E-state index contributed by atoms with van der Waals surface area (Å²) < 4.78 is 0. The fourth-order valence-corrected chi connectivity index (χ4v) is 2.50. The average Bonchev–Trinajstić information content (AvgIpc) is 3.12. The minimum absolute atomic E-state index is 0.0181. The number of rotatable bonds is 6. The Balaban J connectivity index is 1.68. The first kappa shape index (κ1) is 13.8. The number of urea groups is 1. The number of aromatic carboxylic acids is 1. The molecule has 1 aliphatic rings. The number of carboxylic acids is 1. The fourth-order valence-electron chi connectivity index (χ4n) is 1.79. The Kier molecular flexibility index (Phi) is 4.36. The monoisotopic (exact) mass is 283 g/mol. The summed E-state index contributed by atoms with van der Waals surface area (Å²) in [7, 11) is 0. The van der Waals surface area contributed by atoms with E-state index in [2.05, 4.69) is 22.5 Å². The van der Waals surface area contributed by atoms with Gasteiger partial charge in [-0.25, -0.2) is 14.6 Å². The first-order valence-electron chi connectivity index (χ1n) is 6.25. The predicted octanol–water partition coefficient (Wildman–Crippen LogP) is 1.69. The number of carboxylic acid groups (broad SMARTS) is 1. The SMILES string of the molecule is CC(CNC(=O)NCc1nc(C(=O)O)cs1)C1CC1. The van der Waals surface area contributed by atoms with Gasteiger partial charge in [0.2, 0.25) is 0 Å². The molecule has 0 spiro atoms. The van der Waals surface area contributed by atoms with Gasteiger partial charge in [0.05, 0.1) is 6.54 Å². The zero-order valence-electron chi connectivity index (χ0n) is 10.7. The minimum Gasteiger partial charge on any atom is -0.476 e. The molecule has 1 aromatic rings. The van der Waals surface area contributed by atoms with Crippen LogP contribution in [0.15, 0.2) is 5.38 Å². The second-order valence-electron chi connectivity index (χ2n) is 4.81. The maximum atomic E-state index is 11.5. The molecule has 0 saturated heterocycles. The molecular formula is C12H17N3O3S. The predicted molar refractivity (Wildman–Crippen MR) is 71.2 cm³/mol. The molecule has 0 bridgehead atoms. The van der Waals surface area contributed by atoms with Crippen molar-refractivity contribution in [3.05, 3.63) is 16.1 Å². The van der Waals surface area contributed by atoms with Crippen molar-refractivity contribution in [1.82, 2.24) is 15.6 Å². The van der Waals surface area contributed by atoms with E-state index in [0.717, 1.165) is 5.92 Å². The lowest BCUT2D eigenvalue weighted by molar-refractivity contribution is 0.0691. The standard InChI is InChI=1S/C12H17N3O3S/c1-7(8-2-3-8)4-13-12(18)14-5-10-15-9(6-19-10)11(16)17/h6-8H,2-5H2,1H3,(H,16,17)(H2,13,14,18). The van der Waals surface area contributed by atoms with Gasteiger partial charge in [0, 0.05) is 11.9 Å². The molecule has 1 fully saturated rings. The molecular weight excluding hydrogens is 266 g/mol. The number of carbonyl (C=O) groups is 2. The van der Waals surface area contributed by atoms with Gasteiger partial charge in [-0.15, -0.1) is 11.3 Å². The van der Waals surface area contributed by atoms with Gasteiger partial charge in [0.25, 0.3) is 0 Å². The van der Waals surface area contributed by atoms with Gasteiger partial charge in [0.1, 0.15) is 5.01 Å². The molecule has 0 aromatic carbocycles. The quantitative estimate of drug-likeness (QED) is 0.741. The molecule has 19 heavy (non-hydrogen) atoms. The molecule has 1 aromatic heterocycles. The Bertz CT molecular complexity index is 471. The third-order valence-corrected chi connectivity index (χ3v) is 4.03. The number of hydrogen-bond donors (Lipinski definition) is 3. The summed E-state index contributed by atoms with van der Waals surface area (Å²) in [5.41, 5.74) is 0.0181. The number of thiazole rings is 1. The van der Waals surface area contributed by atoms with E-state index in [0.29, 0.717) is 17.5 Å². The van der Waals surface area contributed by atoms with Crippen LogP contribution in [0.5, 0.6) is 0 Å². The first-order valence-corrected chi connectivity index (χ1v) is 7.13. The van der Waals surface area contributed by atoms with Crippen LogP contribution in [0.4, 0.5) is 4.79 Å². The lowest BCUT2D eigenvalue weighted by Crippen LogP contribution is -2.37. The van der Waals surface area contributed by atoms with Crippen molar-refractivity contribution in [3.63, 3.8) is 0 Å². The van der Waals surface area contributed by atoms with E-state index in [4.69, 9.17) is 5.11 Å². The maximum Gasteiger partial charge on any atom is 0.355 e. The molecule has 3 N–H and O–H groups in total. The summed E-state index contributed by atoms with van der Waals surface area (Å²) in [6.45, 7) is 3.06. The van der Waals surface area contributed by atoms with Crippen LogP contribution in [0, 0.1) is 11.8 Å². The van der Waals surface area contributed by atoms with E-state index >= 15 is 0 Å². The van der Waals surface area contributed by atoms with Crippen LogP contribution >= 0.6 is 11.3 Å². The van der Waals surface area contributed by atoms with E-state index in [1.807, 2.05) is 0 Å². The van der Waals surface area contributed by atoms with Crippen molar-refractivity contribution < 1.29 is 14.7 Å². The number of nitrogens with one attached hydrogen (secondary N) is 2. The Morgan fingerprint density at radius 3 is 2.84 bits per heavy atom. The highest BCUT2D eigenvalue weighted by atomic mass is 32.1.